The van der Waals surface area contributed by atoms with Crippen LogP contribution in [-0.4, -0.2) is 38.9 Å². The SMILES string of the molecule is CCOc1cccc(C(=O)N2CCc3[nH]cnc3C2c2cccnc2)c1. The summed E-state index contributed by atoms with van der Waals surface area (Å²) in [5.74, 6) is 0.669. The smallest absolute Gasteiger partial charge is 0.254 e. The zero-order valence-corrected chi connectivity index (χ0v) is 14.6. The van der Waals surface area contributed by atoms with E-state index < -0.39 is 0 Å². The molecule has 4 rings (SSSR count). The first-order valence-corrected chi connectivity index (χ1v) is 8.74. The van der Waals surface area contributed by atoms with E-state index in [0.717, 1.165) is 23.4 Å². The number of amides is 1. The highest BCUT2D eigenvalue weighted by Gasteiger charge is 2.34. The fourth-order valence-electron chi connectivity index (χ4n) is 3.42. The van der Waals surface area contributed by atoms with Crippen LogP contribution in [0.4, 0.5) is 0 Å². The second kappa shape index (κ2) is 7.00. The van der Waals surface area contributed by atoms with Gasteiger partial charge in [0.25, 0.3) is 5.91 Å². The average molecular weight is 348 g/mol. The van der Waals surface area contributed by atoms with Crippen molar-refractivity contribution in [2.24, 2.45) is 0 Å². The Morgan fingerprint density at radius 1 is 1.35 bits per heavy atom. The zero-order valence-electron chi connectivity index (χ0n) is 14.6. The molecule has 6 heteroatoms. The number of nitrogens with zero attached hydrogens (tertiary/aromatic N) is 3. The van der Waals surface area contributed by atoms with Gasteiger partial charge in [-0.1, -0.05) is 12.1 Å². The van der Waals surface area contributed by atoms with E-state index in [-0.39, 0.29) is 11.9 Å². The third-order valence-corrected chi connectivity index (χ3v) is 4.58. The van der Waals surface area contributed by atoms with Gasteiger partial charge in [-0.05, 0) is 36.8 Å². The largest absolute Gasteiger partial charge is 0.494 e. The first kappa shape index (κ1) is 16.3. The van der Waals surface area contributed by atoms with E-state index in [1.165, 1.54) is 0 Å². The summed E-state index contributed by atoms with van der Waals surface area (Å²) in [5.41, 5.74) is 3.53. The van der Waals surface area contributed by atoms with Gasteiger partial charge in [0.1, 0.15) is 11.8 Å². The Labute approximate surface area is 151 Å². The quantitative estimate of drug-likeness (QED) is 0.787. The predicted octanol–water partition coefficient (Wildman–Crippen LogP) is 2.99. The molecule has 1 atom stereocenters. The van der Waals surface area contributed by atoms with Crippen LogP contribution < -0.4 is 4.74 Å². The molecule has 26 heavy (non-hydrogen) atoms. The van der Waals surface area contributed by atoms with Crippen molar-refractivity contribution in [2.45, 2.75) is 19.4 Å². The summed E-state index contributed by atoms with van der Waals surface area (Å²) in [7, 11) is 0. The molecule has 0 radical (unpaired) electrons. The monoisotopic (exact) mass is 348 g/mol. The summed E-state index contributed by atoms with van der Waals surface area (Å²) in [6.07, 6.45) is 5.97. The number of carbonyl (C=O) groups is 1. The molecule has 0 saturated carbocycles. The average Bonchev–Trinajstić information content (AvgIpc) is 3.16. The Morgan fingerprint density at radius 3 is 3.08 bits per heavy atom. The molecular weight excluding hydrogens is 328 g/mol. The van der Waals surface area contributed by atoms with E-state index in [1.54, 1.807) is 24.8 Å². The highest BCUT2D eigenvalue weighted by molar-refractivity contribution is 5.95. The molecule has 6 nitrogen and oxygen atoms in total. The van der Waals surface area contributed by atoms with E-state index in [9.17, 15) is 4.79 Å². The number of nitrogens with one attached hydrogen (secondary N) is 1. The van der Waals surface area contributed by atoms with E-state index in [2.05, 4.69) is 15.0 Å². The minimum atomic E-state index is -0.248. The van der Waals surface area contributed by atoms with Gasteiger partial charge in [0.2, 0.25) is 0 Å². The lowest BCUT2D eigenvalue weighted by molar-refractivity contribution is 0.0690. The molecule has 0 spiro atoms. The van der Waals surface area contributed by atoms with Crippen LogP contribution in [0.1, 0.15) is 40.3 Å². The molecule has 0 bridgehead atoms. The van der Waals surface area contributed by atoms with Gasteiger partial charge >= 0.3 is 0 Å². The molecule has 2 aromatic heterocycles. The van der Waals surface area contributed by atoms with Gasteiger partial charge in [-0.2, -0.15) is 0 Å². The number of aromatic amines is 1. The number of rotatable bonds is 4. The number of benzene rings is 1. The number of aromatic nitrogens is 3. The van der Waals surface area contributed by atoms with E-state index >= 15 is 0 Å². The van der Waals surface area contributed by atoms with Gasteiger partial charge in [-0.15, -0.1) is 0 Å². The maximum absolute atomic E-state index is 13.3. The molecule has 1 amide bonds. The van der Waals surface area contributed by atoms with Crippen molar-refractivity contribution in [1.82, 2.24) is 19.9 Å². The van der Waals surface area contributed by atoms with Crippen LogP contribution in [0.5, 0.6) is 5.75 Å². The van der Waals surface area contributed by atoms with Gasteiger partial charge in [-0.3, -0.25) is 9.78 Å². The van der Waals surface area contributed by atoms with Crippen molar-refractivity contribution >= 4 is 5.91 Å². The maximum atomic E-state index is 13.3. The Bertz CT molecular complexity index is 907. The number of hydrogen-bond acceptors (Lipinski definition) is 4. The highest BCUT2D eigenvalue weighted by atomic mass is 16.5. The van der Waals surface area contributed by atoms with Crippen LogP contribution in [-0.2, 0) is 6.42 Å². The number of imidazole rings is 1. The minimum absolute atomic E-state index is 0.0333. The standard InChI is InChI=1S/C20H20N4O2/c1-2-26-16-7-3-5-14(11-16)20(25)24-10-8-17-18(23-13-22-17)19(24)15-6-4-9-21-12-15/h3-7,9,11-13,19H,2,8,10H2,1H3,(H,22,23). The molecule has 1 aliphatic rings. The molecule has 132 valence electrons. The number of pyridine rings is 1. The number of hydrogen-bond donors (Lipinski definition) is 1. The summed E-state index contributed by atoms with van der Waals surface area (Å²) in [5, 5.41) is 0. The van der Waals surface area contributed by atoms with Gasteiger partial charge in [0.05, 0.1) is 18.6 Å². The van der Waals surface area contributed by atoms with Crippen LogP contribution >= 0.6 is 0 Å². The van der Waals surface area contributed by atoms with Crippen LogP contribution in [0, 0.1) is 0 Å². The lowest BCUT2D eigenvalue weighted by atomic mass is 9.96. The fourth-order valence-corrected chi connectivity index (χ4v) is 3.42. The van der Waals surface area contributed by atoms with Gasteiger partial charge in [0.15, 0.2) is 0 Å². The molecule has 1 aromatic carbocycles. The van der Waals surface area contributed by atoms with Gasteiger partial charge in [0, 0.05) is 36.6 Å². The summed E-state index contributed by atoms with van der Waals surface area (Å²) in [6, 6.07) is 11.0. The van der Waals surface area contributed by atoms with Gasteiger partial charge in [-0.25, -0.2) is 4.98 Å². The third-order valence-electron chi connectivity index (χ3n) is 4.58. The van der Waals surface area contributed by atoms with Crippen LogP contribution in [0.2, 0.25) is 0 Å². The molecule has 0 aliphatic carbocycles. The number of carbonyl (C=O) groups excluding carboxylic acids is 1. The number of H-pyrrole nitrogens is 1. The predicted molar refractivity (Wildman–Crippen MR) is 97.0 cm³/mol. The normalized spacial score (nSPS) is 16.2. The second-order valence-corrected chi connectivity index (χ2v) is 6.16. The Kier molecular flexibility index (Phi) is 4.39. The van der Waals surface area contributed by atoms with Gasteiger partial charge < -0.3 is 14.6 Å². The molecule has 1 N–H and O–H groups in total. The lowest BCUT2D eigenvalue weighted by Gasteiger charge is -2.35. The summed E-state index contributed by atoms with van der Waals surface area (Å²) < 4.78 is 5.54. The highest BCUT2D eigenvalue weighted by Crippen LogP contribution is 2.34. The fraction of sp³-hybridized carbons (Fsp3) is 0.250. The summed E-state index contributed by atoms with van der Waals surface area (Å²) in [6.45, 7) is 3.11. The molecular formula is C20H20N4O2. The van der Waals surface area contributed by atoms with Crippen molar-refractivity contribution in [2.75, 3.05) is 13.2 Å². The zero-order chi connectivity index (χ0) is 17.9. The lowest BCUT2D eigenvalue weighted by Crippen LogP contribution is -2.40. The molecule has 0 saturated heterocycles. The molecule has 3 aromatic rings. The molecule has 0 fully saturated rings. The first-order chi connectivity index (χ1) is 12.8. The second-order valence-electron chi connectivity index (χ2n) is 6.16. The topological polar surface area (TPSA) is 71.1 Å². The molecule has 1 unspecified atom stereocenters. The third kappa shape index (κ3) is 2.94. The Hall–Kier alpha value is -3.15. The number of ether oxygens (including phenoxy) is 1. The Morgan fingerprint density at radius 2 is 2.27 bits per heavy atom. The van der Waals surface area contributed by atoms with Crippen molar-refractivity contribution in [3.05, 3.63) is 77.6 Å². The van der Waals surface area contributed by atoms with Crippen LogP contribution in [0.15, 0.2) is 55.1 Å². The maximum Gasteiger partial charge on any atom is 0.254 e. The minimum Gasteiger partial charge on any atom is -0.494 e. The summed E-state index contributed by atoms with van der Waals surface area (Å²) in [4.78, 5) is 27.1. The van der Waals surface area contributed by atoms with Crippen molar-refractivity contribution in [3.63, 3.8) is 0 Å². The van der Waals surface area contributed by atoms with Crippen LogP contribution in [0.25, 0.3) is 0 Å². The van der Waals surface area contributed by atoms with Crippen molar-refractivity contribution in [1.29, 1.82) is 0 Å². The Balaban J connectivity index is 1.72. The van der Waals surface area contributed by atoms with E-state index in [1.807, 2.05) is 42.2 Å². The summed E-state index contributed by atoms with van der Waals surface area (Å²) >= 11 is 0. The van der Waals surface area contributed by atoms with Crippen molar-refractivity contribution in [3.8, 4) is 5.75 Å². The first-order valence-electron chi connectivity index (χ1n) is 8.74. The number of fused-ring (bicyclic) bond motifs is 1. The van der Waals surface area contributed by atoms with E-state index in [4.69, 9.17) is 4.74 Å². The van der Waals surface area contributed by atoms with Crippen molar-refractivity contribution < 1.29 is 9.53 Å². The molecule has 3 heterocycles. The molecule has 1 aliphatic heterocycles. The van der Waals surface area contributed by atoms with E-state index in [0.29, 0.717) is 24.5 Å². The van der Waals surface area contributed by atoms with Crippen LogP contribution in [0.3, 0.4) is 0 Å².